The van der Waals surface area contributed by atoms with Gasteiger partial charge in [0.25, 0.3) is 5.91 Å². The lowest BCUT2D eigenvalue weighted by atomic mass is 10.2. The number of anilines is 1. The molecule has 3 rings (SSSR count). The Hall–Kier alpha value is -2.52. The molecule has 10 heteroatoms. The van der Waals surface area contributed by atoms with Gasteiger partial charge in [-0.1, -0.05) is 51.1 Å². The second kappa shape index (κ2) is 10.9. The third-order valence-electron chi connectivity index (χ3n) is 4.51. The molecule has 2 aromatic heterocycles. The molecule has 0 bridgehead atoms. The van der Waals surface area contributed by atoms with Gasteiger partial charge >= 0.3 is 0 Å². The molecule has 0 aliphatic carbocycles. The first-order chi connectivity index (χ1) is 15.3. The van der Waals surface area contributed by atoms with Crippen LogP contribution in [0.5, 0.6) is 5.75 Å². The zero-order chi connectivity index (χ0) is 23.3. The molecule has 0 radical (unpaired) electrons. The van der Waals surface area contributed by atoms with E-state index in [1.54, 1.807) is 40.8 Å². The Labute approximate surface area is 197 Å². The third-order valence-corrected chi connectivity index (χ3v) is 5.61. The minimum atomic E-state index is -0.259. The van der Waals surface area contributed by atoms with E-state index in [1.165, 1.54) is 7.11 Å². The van der Waals surface area contributed by atoms with Crippen molar-refractivity contribution in [2.75, 3.05) is 25.5 Å². The summed E-state index contributed by atoms with van der Waals surface area (Å²) < 4.78 is 7.05. The summed E-state index contributed by atoms with van der Waals surface area (Å²) in [5.41, 5.74) is 1.13. The summed E-state index contributed by atoms with van der Waals surface area (Å²) in [6.45, 7) is 10.2. The first-order valence-corrected chi connectivity index (χ1v) is 11.8. The molecule has 0 unspecified atom stereocenters. The maximum absolute atomic E-state index is 12.6. The van der Waals surface area contributed by atoms with E-state index in [9.17, 15) is 4.79 Å². The standard InChI is InChI=1S/C22H29ClN6O2S/c1-13(2)11-25-19-17-12-26-29(20(17)28-22(27-19)32-14(3)4)9-8-24-21(30)16-10-15(23)6-7-18(16)31-5/h6-7,10,12-14H,8-9,11H2,1-5H3,(H,24,30)(H,25,27,28). The number of carbonyl (C=O) groups is 1. The number of thioether (sulfide) groups is 1. The van der Waals surface area contributed by atoms with Gasteiger partial charge in [-0.3, -0.25) is 4.79 Å². The van der Waals surface area contributed by atoms with Crippen LogP contribution >= 0.6 is 23.4 Å². The lowest BCUT2D eigenvalue weighted by Gasteiger charge is -2.12. The number of hydrogen-bond acceptors (Lipinski definition) is 7. The summed E-state index contributed by atoms with van der Waals surface area (Å²) in [7, 11) is 1.52. The van der Waals surface area contributed by atoms with Crippen molar-refractivity contribution < 1.29 is 9.53 Å². The maximum Gasteiger partial charge on any atom is 0.255 e. The highest BCUT2D eigenvalue weighted by Crippen LogP contribution is 2.27. The van der Waals surface area contributed by atoms with Crippen LogP contribution < -0.4 is 15.4 Å². The highest BCUT2D eigenvalue weighted by molar-refractivity contribution is 7.99. The Bertz CT molecular complexity index is 1090. The van der Waals surface area contributed by atoms with Crippen molar-refractivity contribution in [1.82, 2.24) is 25.1 Å². The number of nitrogens with zero attached hydrogens (tertiary/aromatic N) is 4. The molecule has 0 spiro atoms. The van der Waals surface area contributed by atoms with E-state index in [0.717, 1.165) is 23.4 Å². The van der Waals surface area contributed by atoms with E-state index in [1.807, 2.05) is 0 Å². The number of methoxy groups -OCH3 is 1. The van der Waals surface area contributed by atoms with Crippen LogP contribution in [0.15, 0.2) is 29.6 Å². The Morgan fingerprint density at radius 1 is 1.25 bits per heavy atom. The van der Waals surface area contributed by atoms with Gasteiger partial charge in [0, 0.05) is 23.4 Å². The summed E-state index contributed by atoms with van der Waals surface area (Å²) in [6.07, 6.45) is 1.77. The fraction of sp³-hybridized carbons (Fsp3) is 0.455. The molecule has 8 nitrogen and oxygen atoms in total. The predicted molar refractivity (Wildman–Crippen MR) is 130 cm³/mol. The van der Waals surface area contributed by atoms with E-state index < -0.39 is 0 Å². The van der Waals surface area contributed by atoms with Crippen LogP contribution in [0.2, 0.25) is 5.02 Å². The minimum absolute atomic E-state index is 0.259. The molecular formula is C22H29ClN6O2S. The van der Waals surface area contributed by atoms with Gasteiger partial charge in [-0.25, -0.2) is 14.6 Å². The number of nitrogens with one attached hydrogen (secondary N) is 2. The van der Waals surface area contributed by atoms with Crippen molar-refractivity contribution in [3.8, 4) is 5.75 Å². The van der Waals surface area contributed by atoms with Crippen molar-refractivity contribution >= 4 is 46.1 Å². The summed E-state index contributed by atoms with van der Waals surface area (Å²) >= 11 is 7.64. The molecule has 1 aromatic carbocycles. The summed E-state index contributed by atoms with van der Waals surface area (Å²) in [6, 6.07) is 4.95. The SMILES string of the molecule is COc1ccc(Cl)cc1C(=O)NCCn1ncc2c(NCC(C)C)nc(SC(C)C)nc21. The minimum Gasteiger partial charge on any atom is -0.496 e. The molecule has 0 saturated heterocycles. The topological polar surface area (TPSA) is 94.0 Å². The predicted octanol–water partition coefficient (Wildman–Crippen LogP) is 4.49. The van der Waals surface area contributed by atoms with Crippen LogP contribution in [-0.4, -0.2) is 51.1 Å². The molecule has 0 atom stereocenters. The number of hydrogen-bond donors (Lipinski definition) is 2. The van der Waals surface area contributed by atoms with Crippen molar-refractivity contribution in [1.29, 1.82) is 0 Å². The van der Waals surface area contributed by atoms with Crippen molar-refractivity contribution in [2.45, 2.75) is 44.6 Å². The van der Waals surface area contributed by atoms with E-state index >= 15 is 0 Å². The van der Waals surface area contributed by atoms with Crippen LogP contribution in [0.25, 0.3) is 11.0 Å². The molecule has 172 valence electrons. The average Bonchev–Trinajstić information content (AvgIpc) is 3.14. The summed E-state index contributed by atoms with van der Waals surface area (Å²) in [4.78, 5) is 22.0. The van der Waals surface area contributed by atoms with Crippen LogP contribution in [-0.2, 0) is 6.54 Å². The molecule has 0 aliphatic heterocycles. The van der Waals surface area contributed by atoms with Gasteiger partial charge in [0.1, 0.15) is 11.6 Å². The van der Waals surface area contributed by atoms with Gasteiger partial charge in [0.2, 0.25) is 0 Å². The summed E-state index contributed by atoms with van der Waals surface area (Å²) in [5, 5.41) is 13.2. The second-order valence-corrected chi connectivity index (χ2v) is 9.98. The molecule has 3 aromatic rings. The highest BCUT2D eigenvalue weighted by Gasteiger charge is 2.16. The zero-order valence-electron chi connectivity index (χ0n) is 19.0. The number of carbonyl (C=O) groups excluding carboxylic acids is 1. The van der Waals surface area contributed by atoms with E-state index in [-0.39, 0.29) is 5.91 Å². The number of aromatic nitrogens is 4. The Morgan fingerprint density at radius 3 is 2.72 bits per heavy atom. The number of fused-ring (bicyclic) bond motifs is 1. The monoisotopic (exact) mass is 476 g/mol. The largest absolute Gasteiger partial charge is 0.496 e. The normalized spacial score (nSPS) is 11.4. The van der Waals surface area contributed by atoms with Crippen LogP contribution in [0.3, 0.4) is 0 Å². The van der Waals surface area contributed by atoms with Crippen LogP contribution in [0, 0.1) is 5.92 Å². The van der Waals surface area contributed by atoms with Crippen molar-refractivity contribution in [3.63, 3.8) is 0 Å². The molecule has 32 heavy (non-hydrogen) atoms. The second-order valence-electron chi connectivity index (χ2n) is 8.00. The van der Waals surface area contributed by atoms with Crippen LogP contribution in [0.1, 0.15) is 38.1 Å². The first kappa shape index (κ1) is 24.1. The quantitative estimate of drug-likeness (QED) is 0.329. The first-order valence-electron chi connectivity index (χ1n) is 10.5. The Morgan fingerprint density at radius 2 is 2.03 bits per heavy atom. The average molecular weight is 477 g/mol. The smallest absolute Gasteiger partial charge is 0.255 e. The molecule has 0 saturated carbocycles. The lowest BCUT2D eigenvalue weighted by molar-refractivity contribution is 0.0949. The van der Waals surface area contributed by atoms with E-state index in [4.69, 9.17) is 26.3 Å². The third kappa shape index (κ3) is 6.04. The summed E-state index contributed by atoms with van der Waals surface area (Å²) in [5.74, 6) is 1.48. The van der Waals surface area contributed by atoms with Gasteiger partial charge in [0.15, 0.2) is 10.8 Å². The fourth-order valence-corrected chi connectivity index (χ4v) is 3.90. The van der Waals surface area contributed by atoms with Gasteiger partial charge < -0.3 is 15.4 Å². The molecule has 0 aliphatic rings. The maximum atomic E-state index is 12.6. The molecule has 0 fully saturated rings. The fourth-order valence-electron chi connectivity index (χ4n) is 3.03. The van der Waals surface area contributed by atoms with Gasteiger partial charge in [0.05, 0.1) is 30.8 Å². The van der Waals surface area contributed by atoms with Gasteiger partial charge in [-0.2, -0.15) is 5.10 Å². The molecule has 2 N–H and O–H groups in total. The van der Waals surface area contributed by atoms with E-state index in [0.29, 0.717) is 45.7 Å². The number of benzene rings is 1. The van der Waals surface area contributed by atoms with E-state index in [2.05, 4.69) is 43.4 Å². The highest BCUT2D eigenvalue weighted by atomic mass is 35.5. The van der Waals surface area contributed by atoms with Gasteiger partial charge in [-0.05, 0) is 24.1 Å². The van der Waals surface area contributed by atoms with Crippen molar-refractivity contribution in [3.05, 3.63) is 35.0 Å². The number of halogens is 1. The molecule has 2 heterocycles. The van der Waals surface area contributed by atoms with Gasteiger partial charge in [-0.15, -0.1) is 0 Å². The number of amides is 1. The number of rotatable bonds is 10. The number of ether oxygens (including phenoxy) is 1. The zero-order valence-corrected chi connectivity index (χ0v) is 20.5. The Kier molecular flexibility index (Phi) is 8.20. The lowest BCUT2D eigenvalue weighted by Crippen LogP contribution is -2.28. The molecule has 1 amide bonds. The van der Waals surface area contributed by atoms with Crippen molar-refractivity contribution in [2.24, 2.45) is 5.92 Å². The Balaban J connectivity index is 1.78. The molecular weight excluding hydrogens is 448 g/mol. The van der Waals surface area contributed by atoms with Crippen LogP contribution in [0.4, 0.5) is 5.82 Å².